The third kappa shape index (κ3) is 3.81. The molecular weight excluding hydrogens is 318 g/mol. The predicted octanol–water partition coefficient (Wildman–Crippen LogP) is 1.79. The zero-order valence-electron chi connectivity index (χ0n) is 14.4. The van der Waals surface area contributed by atoms with Crippen LogP contribution in [0.1, 0.15) is 53.4 Å². The van der Waals surface area contributed by atoms with Gasteiger partial charge < -0.3 is 10.2 Å². The predicted molar refractivity (Wildman–Crippen MR) is 91.5 cm³/mol. The Morgan fingerprint density at radius 2 is 2.12 bits per heavy atom. The summed E-state index contributed by atoms with van der Waals surface area (Å²) >= 11 is 0. The van der Waals surface area contributed by atoms with Crippen LogP contribution in [-0.4, -0.2) is 38.2 Å². The lowest BCUT2D eigenvalue weighted by Crippen LogP contribution is -2.32. The summed E-state index contributed by atoms with van der Waals surface area (Å²) in [4.78, 5) is 38.9. The zero-order chi connectivity index (χ0) is 17.8. The van der Waals surface area contributed by atoms with Crippen molar-refractivity contribution in [1.29, 1.82) is 0 Å². The number of carbonyl (C=O) groups is 2. The second-order valence-electron chi connectivity index (χ2n) is 6.11. The fourth-order valence-electron chi connectivity index (χ4n) is 3.03. The Bertz CT molecular complexity index is 793. The van der Waals surface area contributed by atoms with E-state index in [1.807, 2.05) is 11.8 Å². The molecule has 0 aliphatic carbocycles. The van der Waals surface area contributed by atoms with Gasteiger partial charge in [0.15, 0.2) is 5.82 Å². The summed E-state index contributed by atoms with van der Waals surface area (Å²) in [6, 6.07) is 5.19. The number of amides is 2. The highest BCUT2D eigenvalue weighted by atomic mass is 16.2. The Morgan fingerprint density at radius 3 is 2.88 bits per heavy atom. The minimum Gasteiger partial charge on any atom is -0.351 e. The normalized spacial score (nSPS) is 16.7. The molecule has 0 aromatic carbocycles. The number of pyridine rings is 1. The van der Waals surface area contributed by atoms with Gasteiger partial charge in [-0.2, -0.15) is 0 Å². The zero-order valence-corrected chi connectivity index (χ0v) is 14.4. The summed E-state index contributed by atoms with van der Waals surface area (Å²) in [6.07, 6.45) is 5.10. The Balaban J connectivity index is 1.82. The van der Waals surface area contributed by atoms with Gasteiger partial charge in [0, 0.05) is 31.6 Å². The molecule has 0 spiro atoms. The molecule has 3 rings (SSSR count). The first-order valence-corrected chi connectivity index (χ1v) is 8.35. The molecule has 0 radical (unpaired) electrons. The number of nitrogens with one attached hydrogen (secondary N) is 1. The van der Waals surface area contributed by atoms with Crippen LogP contribution in [0.3, 0.4) is 0 Å². The molecule has 1 aliphatic heterocycles. The van der Waals surface area contributed by atoms with Crippen LogP contribution < -0.4 is 5.32 Å². The van der Waals surface area contributed by atoms with Crippen LogP contribution in [0.15, 0.2) is 30.6 Å². The lowest BCUT2D eigenvalue weighted by molar-refractivity contribution is -0.119. The summed E-state index contributed by atoms with van der Waals surface area (Å²) in [7, 11) is 0. The lowest BCUT2D eigenvalue weighted by Gasteiger charge is -2.24. The van der Waals surface area contributed by atoms with Crippen LogP contribution in [0.4, 0.5) is 0 Å². The molecule has 0 saturated carbocycles. The second kappa shape index (κ2) is 7.38. The molecule has 3 heterocycles. The Kier molecular flexibility index (Phi) is 5.02. The molecule has 2 amide bonds. The van der Waals surface area contributed by atoms with Gasteiger partial charge in [-0.1, -0.05) is 0 Å². The quantitative estimate of drug-likeness (QED) is 0.917. The Morgan fingerprint density at radius 1 is 1.28 bits per heavy atom. The third-order valence-electron chi connectivity index (χ3n) is 4.30. The van der Waals surface area contributed by atoms with Crippen molar-refractivity contribution in [2.45, 2.75) is 39.3 Å². The van der Waals surface area contributed by atoms with Crippen LogP contribution in [0.2, 0.25) is 0 Å². The van der Waals surface area contributed by atoms with E-state index in [0.717, 1.165) is 24.2 Å². The summed E-state index contributed by atoms with van der Waals surface area (Å²) in [6.45, 7) is 4.34. The Hall–Kier alpha value is -2.83. The second-order valence-corrected chi connectivity index (χ2v) is 6.11. The standard InChI is InChI=1S/C18H21N5O2/c1-12-15(5-3-8-19-12)18(25)23-10-4-6-16(23)17-20-9-7-14(22-17)11-21-13(2)24/h3,5,7-9,16H,4,6,10-11H2,1-2H3,(H,21,24)/t16-/m1/s1. The largest absolute Gasteiger partial charge is 0.351 e. The van der Waals surface area contributed by atoms with Crippen molar-refractivity contribution in [1.82, 2.24) is 25.2 Å². The van der Waals surface area contributed by atoms with Gasteiger partial charge in [0.1, 0.15) is 0 Å². The summed E-state index contributed by atoms with van der Waals surface area (Å²) < 4.78 is 0. The van der Waals surface area contributed by atoms with E-state index in [2.05, 4.69) is 20.3 Å². The van der Waals surface area contributed by atoms with Gasteiger partial charge in [0.2, 0.25) is 5.91 Å². The first kappa shape index (κ1) is 17.0. The number of nitrogens with zero attached hydrogens (tertiary/aromatic N) is 4. The van der Waals surface area contributed by atoms with Gasteiger partial charge in [-0.3, -0.25) is 14.6 Å². The number of hydrogen-bond donors (Lipinski definition) is 1. The molecule has 2 aromatic rings. The van der Waals surface area contributed by atoms with Gasteiger partial charge in [0.05, 0.1) is 23.8 Å². The van der Waals surface area contributed by atoms with E-state index >= 15 is 0 Å². The van der Waals surface area contributed by atoms with Crippen LogP contribution >= 0.6 is 0 Å². The van der Waals surface area contributed by atoms with Gasteiger partial charge in [-0.25, -0.2) is 9.97 Å². The van der Waals surface area contributed by atoms with Crippen molar-refractivity contribution < 1.29 is 9.59 Å². The van der Waals surface area contributed by atoms with Crippen molar-refractivity contribution in [2.75, 3.05) is 6.54 Å². The number of hydrogen-bond acceptors (Lipinski definition) is 5. The van der Waals surface area contributed by atoms with E-state index in [4.69, 9.17) is 0 Å². The van der Waals surface area contributed by atoms with Crippen molar-refractivity contribution >= 4 is 11.8 Å². The number of rotatable bonds is 4. The van der Waals surface area contributed by atoms with Crippen LogP contribution in [0.5, 0.6) is 0 Å². The smallest absolute Gasteiger partial charge is 0.256 e. The topological polar surface area (TPSA) is 88.1 Å². The summed E-state index contributed by atoms with van der Waals surface area (Å²) in [5.74, 6) is 0.476. The fourth-order valence-corrected chi connectivity index (χ4v) is 3.03. The summed E-state index contributed by atoms with van der Waals surface area (Å²) in [5, 5.41) is 2.73. The van der Waals surface area contributed by atoms with E-state index in [9.17, 15) is 9.59 Å². The van der Waals surface area contributed by atoms with E-state index in [1.54, 1.807) is 30.6 Å². The average molecular weight is 339 g/mol. The molecule has 0 bridgehead atoms. The highest BCUT2D eigenvalue weighted by Crippen LogP contribution is 2.31. The van der Waals surface area contributed by atoms with Gasteiger partial charge >= 0.3 is 0 Å². The maximum absolute atomic E-state index is 12.9. The SMILES string of the molecule is CC(=O)NCc1ccnc([C@H]2CCCN2C(=O)c2cccnc2C)n1. The monoisotopic (exact) mass is 339 g/mol. The number of aromatic nitrogens is 3. The molecule has 1 atom stereocenters. The first-order valence-electron chi connectivity index (χ1n) is 8.35. The molecule has 2 aromatic heterocycles. The first-order chi connectivity index (χ1) is 12.1. The van der Waals surface area contributed by atoms with Crippen LogP contribution in [-0.2, 0) is 11.3 Å². The molecule has 1 fully saturated rings. The van der Waals surface area contributed by atoms with Crippen LogP contribution in [0.25, 0.3) is 0 Å². The highest BCUT2D eigenvalue weighted by molar-refractivity contribution is 5.95. The summed E-state index contributed by atoms with van der Waals surface area (Å²) in [5.41, 5.74) is 2.07. The number of likely N-dealkylation sites (tertiary alicyclic amines) is 1. The van der Waals surface area contributed by atoms with E-state index in [1.165, 1.54) is 6.92 Å². The van der Waals surface area contributed by atoms with Crippen LogP contribution in [0, 0.1) is 6.92 Å². The molecule has 1 N–H and O–H groups in total. The molecule has 130 valence electrons. The number of aryl methyl sites for hydroxylation is 1. The van der Waals surface area contributed by atoms with Crippen molar-refractivity contribution in [3.63, 3.8) is 0 Å². The van der Waals surface area contributed by atoms with Gasteiger partial charge in [-0.05, 0) is 38.0 Å². The third-order valence-corrected chi connectivity index (χ3v) is 4.30. The lowest BCUT2D eigenvalue weighted by atomic mass is 10.1. The van der Waals surface area contributed by atoms with Crippen molar-refractivity contribution in [2.24, 2.45) is 0 Å². The molecule has 7 heteroatoms. The van der Waals surface area contributed by atoms with Gasteiger partial charge in [0.25, 0.3) is 5.91 Å². The van der Waals surface area contributed by atoms with Gasteiger partial charge in [-0.15, -0.1) is 0 Å². The molecule has 1 aliphatic rings. The number of carbonyl (C=O) groups excluding carboxylic acids is 2. The van der Waals surface area contributed by atoms with E-state index in [-0.39, 0.29) is 17.9 Å². The van der Waals surface area contributed by atoms with E-state index in [0.29, 0.717) is 24.5 Å². The minimum absolute atomic E-state index is 0.0380. The highest BCUT2D eigenvalue weighted by Gasteiger charge is 2.33. The molecular formula is C18H21N5O2. The molecule has 0 unspecified atom stereocenters. The molecule has 7 nitrogen and oxygen atoms in total. The fraction of sp³-hybridized carbons (Fsp3) is 0.389. The van der Waals surface area contributed by atoms with Crippen molar-refractivity contribution in [3.05, 3.63) is 53.4 Å². The van der Waals surface area contributed by atoms with E-state index < -0.39 is 0 Å². The Labute approximate surface area is 146 Å². The molecule has 1 saturated heterocycles. The van der Waals surface area contributed by atoms with Crippen molar-refractivity contribution in [3.8, 4) is 0 Å². The minimum atomic E-state index is -0.149. The maximum atomic E-state index is 12.9. The average Bonchev–Trinajstić information content (AvgIpc) is 3.10. The molecule has 25 heavy (non-hydrogen) atoms. The maximum Gasteiger partial charge on any atom is 0.256 e.